The lowest BCUT2D eigenvalue weighted by Crippen LogP contribution is -2.32. The molecule has 3 rings (SSSR count). The summed E-state index contributed by atoms with van der Waals surface area (Å²) in [7, 11) is 3.24. The Morgan fingerprint density at radius 3 is 2.77 bits per heavy atom. The van der Waals surface area contributed by atoms with E-state index >= 15 is 0 Å². The number of carbonyl (C=O) groups excluding carboxylic acids is 1. The van der Waals surface area contributed by atoms with Gasteiger partial charge in [-0.25, -0.2) is 0 Å². The largest absolute Gasteiger partial charge is 0.497 e. The Bertz CT molecular complexity index is 831. The van der Waals surface area contributed by atoms with Gasteiger partial charge in [0.1, 0.15) is 11.5 Å². The summed E-state index contributed by atoms with van der Waals surface area (Å²) in [6.45, 7) is 1.11. The molecule has 26 heavy (non-hydrogen) atoms. The number of methoxy groups -OCH3 is 2. The predicted octanol–water partition coefficient (Wildman–Crippen LogP) is 2.62. The van der Waals surface area contributed by atoms with Gasteiger partial charge in [-0.2, -0.15) is 0 Å². The SMILES string of the molecule is COc1ccc(C2CCCN2C(=O)CCn2ccccc2=O)c(OC)c1. The minimum absolute atomic E-state index is 0.00384. The van der Waals surface area contributed by atoms with E-state index in [1.54, 1.807) is 37.1 Å². The first-order valence-electron chi connectivity index (χ1n) is 8.81. The monoisotopic (exact) mass is 356 g/mol. The maximum Gasteiger partial charge on any atom is 0.250 e. The van der Waals surface area contributed by atoms with Gasteiger partial charge in [0.25, 0.3) is 5.56 Å². The van der Waals surface area contributed by atoms with E-state index < -0.39 is 0 Å². The number of nitrogens with zero attached hydrogens (tertiary/aromatic N) is 2. The molecule has 0 N–H and O–H groups in total. The lowest BCUT2D eigenvalue weighted by molar-refractivity contribution is -0.132. The third kappa shape index (κ3) is 3.74. The molecule has 0 aliphatic carbocycles. The first-order valence-corrected chi connectivity index (χ1v) is 8.81. The van der Waals surface area contributed by atoms with Crippen molar-refractivity contribution in [2.45, 2.75) is 31.8 Å². The Morgan fingerprint density at radius 1 is 1.19 bits per heavy atom. The fourth-order valence-electron chi connectivity index (χ4n) is 3.49. The van der Waals surface area contributed by atoms with Crippen LogP contribution in [0, 0.1) is 0 Å². The topological polar surface area (TPSA) is 60.8 Å². The quantitative estimate of drug-likeness (QED) is 0.798. The summed E-state index contributed by atoms with van der Waals surface area (Å²) in [5, 5.41) is 0. The maximum atomic E-state index is 12.8. The zero-order chi connectivity index (χ0) is 18.5. The lowest BCUT2D eigenvalue weighted by atomic mass is 10.0. The molecule has 1 aliphatic heterocycles. The Labute approximate surface area is 153 Å². The number of amides is 1. The second-order valence-corrected chi connectivity index (χ2v) is 6.34. The number of rotatable bonds is 6. The van der Waals surface area contributed by atoms with Crippen LogP contribution in [0.1, 0.15) is 30.9 Å². The van der Waals surface area contributed by atoms with Gasteiger partial charge in [0.05, 0.1) is 20.3 Å². The van der Waals surface area contributed by atoms with Crippen molar-refractivity contribution in [1.29, 1.82) is 0 Å². The van der Waals surface area contributed by atoms with Crippen LogP contribution in [0.3, 0.4) is 0 Å². The van der Waals surface area contributed by atoms with Crippen LogP contribution in [-0.4, -0.2) is 36.1 Å². The number of hydrogen-bond acceptors (Lipinski definition) is 4. The van der Waals surface area contributed by atoms with Crippen LogP contribution in [0.5, 0.6) is 11.5 Å². The zero-order valence-corrected chi connectivity index (χ0v) is 15.2. The molecule has 0 radical (unpaired) electrons. The van der Waals surface area contributed by atoms with Gasteiger partial charge in [-0.3, -0.25) is 9.59 Å². The van der Waals surface area contributed by atoms with E-state index in [1.165, 1.54) is 6.07 Å². The van der Waals surface area contributed by atoms with Crippen LogP contribution in [0.15, 0.2) is 47.4 Å². The minimum Gasteiger partial charge on any atom is -0.497 e. The Morgan fingerprint density at radius 2 is 2.04 bits per heavy atom. The predicted molar refractivity (Wildman–Crippen MR) is 98.6 cm³/mol. The second kappa shape index (κ2) is 8.08. The molecule has 6 heteroatoms. The third-order valence-electron chi connectivity index (χ3n) is 4.84. The molecule has 6 nitrogen and oxygen atoms in total. The van der Waals surface area contributed by atoms with Crippen molar-refractivity contribution in [3.8, 4) is 11.5 Å². The van der Waals surface area contributed by atoms with Crippen LogP contribution in [0.25, 0.3) is 0 Å². The Balaban J connectivity index is 1.74. The number of ether oxygens (including phenoxy) is 2. The number of pyridine rings is 1. The highest BCUT2D eigenvalue weighted by atomic mass is 16.5. The van der Waals surface area contributed by atoms with E-state index in [0.717, 1.165) is 36.4 Å². The molecule has 0 bridgehead atoms. The van der Waals surface area contributed by atoms with Gasteiger partial charge >= 0.3 is 0 Å². The van der Waals surface area contributed by atoms with Crippen molar-refractivity contribution in [2.24, 2.45) is 0 Å². The molecule has 1 amide bonds. The number of likely N-dealkylation sites (tertiary alicyclic amines) is 1. The van der Waals surface area contributed by atoms with Crippen molar-refractivity contribution in [2.75, 3.05) is 20.8 Å². The second-order valence-electron chi connectivity index (χ2n) is 6.34. The number of carbonyl (C=O) groups is 1. The fraction of sp³-hybridized carbons (Fsp3) is 0.400. The van der Waals surface area contributed by atoms with Gasteiger partial charge in [-0.05, 0) is 31.0 Å². The van der Waals surface area contributed by atoms with Gasteiger partial charge in [0, 0.05) is 43.4 Å². The smallest absolute Gasteiger partial charge is 0.250 e. The molecule has 1 unspecified atom stereocenters. The summed E-state index contributed by atoms with van der Waals surface area (Å²) in [5.41, 5.74) is 0.908. The highest BCUT2D eigenvalue weighted by Gasteiger charge is 2.31. The number of hydrogen-bond donors (Lipinski definition) is 0. The molecule has 1 aromatic carbocycles. The average Bonchev–Trinajstić information content (AvgIpc) is 3.16. The molecule has 0 saturated carbocycles. The molecule has 1 saturated heterocycles. The number of benzene rings is 1. The lowest BCUT2D eigenvalue weighted by Gasteiger charge is -2.26. The van der Waals surface area contributed by atoms with Gasteiger partial charge in [-0.15, -0.1) is 0 Å². The van der Waals surface area contributed by atoms with Crippen LogP contribution >= 0.6 is 0 Å². The number of aryl methyl sites for hydroxylation is 1. The Kier molecular flexibility index (Phi) is 5.61. The standard InChI is InChI=1S/C20H24N2O4/c1-25-15-8-9-16(18(14-15)26-2)17-6-5-12-22(17)20(24)10-13-21-11-4-3-7-19(21)23/h3-4,7-9,11,14,17H,5-6,10,12-13H2,1-2H3. The van der Waals surface area contributed by atoms with Crippen LogP contribution in [0.2, 0.25) is 0 Å². The normalized spacial score (nSPS) is 16.5. The highest BCUT2D eigenvalue weighted by molar-refractivity contribution is 5.77. The van der Waals surface area contributed by atoms with Crippen molar-refractivity contribution >= 4 is 5.91 Å². The van der Waals surface area contributed by atoms with E-state index in [9.17, 15) is 9.59 Å². The van der Waals surface area contributed by atoms with Gasteiger partial charge in [0.2, 0.25) is 5.91 Å². The zero-order valence-electron chi connectivity index (χ0n) is 15.2. The molecule has 138 valence electrons. The summed E-state index contributed by atoms with van der Waals surface area (Å²) in [5.74, 6) is 1.51. The summed E-state index contributed by atoms with van der Waals surface area (Å²) >= 11 is 0. The maximum absolute atomic E-state index is 12.8. The first-order chi connectivity index (χ1) is 12.6. The average molecular weight is 356 g/mol. The number of aromatic nitrogens is 1. The van der Waals surface area contributed by atoms with Gasteiger partial charge < -0.3 is 18.9 Å². The molecular weight excluding hydrogens is 332 g/mol. The van der Waals surface area contributed by atoms with Crippen molar-refractivity contribution < 1.29 is 14.3 Å². The highest BCUT2D eigenvalue weighted by Crippen LogP contribution is 2.38. The summed E-state index contributed by atoms with van der Waals surface area (Å²) in [6, 6.07) is 10.7. The summed E-state index contributed by atoms with van der Waals surface area (Å²) in [4.78, 5) is 26.5. The van der Waals surface area contributed by atoms with Gasteiger partial charge in [-0.1, -0.05) is 6.07 Å². The molecule has 2 heterocycles. The van der Waals surface area contributed by atoms with E-state index in [1.807, 2.05) is 23.1 Å². The van der Waals surface area contributed by atoms with Crippen LogP contribution in [-0.2, 0) is 11.3 Å². The van der Waals surface area contributed by atoms with Crippen molar-refractivity contribution in [1.82, 2.24) is 9.47 Å². The van der Waals surface area contributed by atoms with E-state index in [2.05, 4.69) is 0 Å². The van der Waals surface area contributed by atoms with Crippen LogP contribution in [0.4, 0.5) is 0 Å². The molecule has 1 aromatic heterocycles. The van der Waals surface area contributed by atoms with Gasteiger partial charge in [0.15, 0.2) is 0 Å². The van der Waals surface area contributed by atoms with E-state index in [-0.39, 0.29) is 17.5 Å². The fourth-order valence-corrected chi connectivity index (χ4v) is 3.49. The molecule has 1 fully saturated rings. The summed E-state index contributed by atoms with van der Waals surface area (Å²) < 4.78 is 12.3. The molecule has 2 aromatic rings. The molecule has 0 spiro atoms. The van der Waals surface area contributed by atoms with Crippen molar-refractivity contribution in [3.63, 3.8) is 0 Å². The summed E-state index contributed by atoms with van der Waals surface area (Å²) in [6.07, 6.45) is 3.87. The molecular formula is C20H24N2O4. The van der Waals surface area contributed by atoms with Crippen LogP contribution < -0.4 is 15.0 Å². The van der Waals surface area contributed by atoms with E-state index in [4.69, 9.17) is 9.47 Å². The molecule has 1 atom stereocenters. The Hall–Kier alpha value is -2.76. The van der Waals surface area contributed by atoms with Crippen molar-refractivity contribution in [3.05, 3.63) is 58.5 Å². The third-order valence-corrected chi connectivity index (χ3v) is 4.84. The minimum atomic E-state index is -0.0879. The van der Waals surface area contributed by atoms with E-state index in [0.29, 0.717) is 13.0 Å². The first kappa shape index (κ1) is 18.0. The molecule has 1 aliphatic rings.